The largest absolute Gasteiger partial charge is 0.493 e. The van der Waals surface area contributed by atoms with E-state index in [1.54, 1.807) is 0 Å². The lowest BCUT2D eigenvalue weighted by molar-refractivity contribution is -0.144. The molecule has 0 aliphatic carbocycles. The molecule has 2 heterocycles. The number of likely N-dealkylation sites (tertiary alicyclic amines) is 1. The zero-order chi connectivity index (χ0) is 20.0. The number of nitrogens with zero attached hydrogens (tertiary/aromatic N) is 1. The third kappa shape index (κ3) is 4.62. The Labute approximate surface area is 169 Å². The normalized spacial score (nSPS) is 19.2. The van der Waals surface area contributed by atoms with Crippen molar-refractivity contribution in [3.63, 3.8) is 0 Å². The molecule has 0 aromatic heterocycles. The Morgan fingerprint density at radius 2 is 1.96 bits per heavy atom. The van der Waals surface area contributed by atoms with E-state index in [4.69, 9.17) is 9.47 Å². The van der Waals surface area contributed by atoms with E-state index in [2.05, 4.69) is 24.0 Å². The Morgan fingerprint density at radius 3 is 2.64 bits per heavy atom. The summed E-state index contributed by atoms with van der Waals surface area (Å²) < 4.78 is 12.0. The molecule has 1 aromatic rings. The number of unbranched alkanes of at least 4 members (excludes halogenated alkanes) is 4. The second-order valence-corrected chi connectivity index (χ2v) is 8.29. The average molecular weight is 390 g/mol. The highest BCUT2D eigenvalue weighted by atomic mass is 16.5. The van der Waals surface area contributed by atoms with Gasteiger partial charge in [-0.25, -0.2) is 0 Å². The topological polar surface area (TPSA) is 59.0 Å². The highest BCUT2D eigenvalue weighted by Crippen LogP contribution is 2.47. The average Bonchev–Trinajstić information content (AvgIpc) is 3.04. The number of carboxylic acids is 1. The molecule has 156 valence electrons. The van der Waals surface area contributed by atoms with E-state index in [1.165, 1.54) is 31.2 Å². The lowest BCUT2D eigenvalue weighted by atomic mass is 9.74. The molecule has 0 radical (unpaired) electrons. The van der Waals surface area contributed by atoms with Crippen LogP contribution in [0.2, 0.25) is 0 Å². The van der Waals surface area contributed by atoms with Gasteiger partial charge in [-0.1, -0.05) is 45.6 Å². The van der Waals surface area contributed by atoms with E-state index in [9.17, 15) is 9.90 Å². The molecule has 28 heavy (non-hydrogen) atoms. The van der Waals surface area contributed by atoms with Gasteiger partial charge < -0.3 is 14.6 Å². The van der Waals surface area contributed by atoms with Gasteiger partial charge in [0.15, 0.2) is 0 Å². The Kier molecular flexibility index (Phi) is 7.22. The molecule has 5 nitrogen and oxygen atoms in total. The number of hydrogen-bond donors (Lipinski definition) is 1. The van der Waals surface area contributed by atoms with Gasteiger partial charge in [0.05, 0.1) is 13.2 Å². The van der Waals surface area contributed by atoms with Gasteiger partial charge in [-0.2, -0.15) is 0 Å². The first-order valence-corrected chi connectivity index (χ1v) is 11.0. The van der Waals surface area contributed by atoms with Crippen LogP contribution in [0.3, 0.4) is 0 Å². The number of ether oxygens (including phenoxy) is 2. The van der Waals surface area contributed by atoms with Crippen molar-refractivity contribution in [3.05, 3.63) is 23.8 Å². The van der Waals surface area contributed by atoms with Crippen LogP contribution in [-0.2, 0) is 10.2 Å². The smallest absolute Gasteiger partial charge is 0.320 e. The van der Waals surface area contributed by atoms with Crippen LogP contribution in [0.25, 0.3) is 0 Å². The summed E-state index contributed by atoms with van der Waals surface area (Å²) in [7, 11) is 0. The van der Waals surface area contributed by atoms with Crippen LogP contribution in [-0.4, -0.2) is 48.3 Å². The minimum absolute atomic E-state index is 0.0291. The fourth-order valence-corrected chi connectivity index (χ4v) is 4.61. The Morgan fingerprint density at radius 1 is 1.21 bits per heavy atom. The maximum Gasteiger partial charge on any atom is 0.320 e. The second kappa shape index (κ2) is 9.64. The van der Waals surface area contributed by atoms with Crippen molar-refractivity contribution in [2.45, 2.75) is 76.7 Å². The SMILES string of the molecule is CCCCCCCOc1ccc2c(c1)OCC21CCN(C(CC)C(=O)O)CC1. The minimum Gasteiger partial charge on any atom is -0.493 e. The number of rotatable bonds is 10. The van der Waals surface area contributed by atoms with Crippen molar-refractivity contribution < 1.29 is 19.4 Å². The quantitative estimate of drug-likeness (QED) is 0.592. The third-order valence-electron chi connectivity index (χ3n) is 6.41. The first kappa shape index (κ1) is 21.0. The predicted octanol–water partition coefficient (Wildman–Crippen LogP) is 4.63. The molecule has 1 aromatic carbocycles. The molecule has 1 unspecified atom stereocenters. The maximum absolute atomic E-state index is 11.5. The highest BCUT2D eigenvalue weighted by Gasteiger charge is 2.44. The molecule has 1 spiro atoms. The van der Waals surface area contributed by atoms with Crippen LogP contribution in [0, 0.1) is 0 Å². The summed E-state index contributed by atoms with van der Waals surface area (Å²) in [5, 5.41) is 9.42. The number of benzene rings is 1. The molecule has 1 fully saturated rings. The number of aliphatic carboxylic acids is 1. The van der Waals surface area contributed by atoms with Crippen molar-refractivity contribution in [1.29, 1.82) is 0 Å². The predicted molar refractivity (Wildman–Crippen MR) is 110 cm³/mol. The summed E-state index contributed by atoms with van der Waals surface area (Å²) in [4.78, 5) is 13.6. The van der Waals surface area contributed by atoms with Gasteiger partial charge in [-0.05, 0) is 44.8 Å². The van der Waals surface area contributed by atoms with Crippen molar-refractivity contribution >= 4 is 5.97 Å². The summed E-state index contributed by atoms with van der Waals surface area (Å²) >= 11 is 0. The number of hydrogen-bond acceptors (Lipinski definition) is 4. The maximum atomic E-state index is 11.5. The summed E-state index contributed by atoms with van der Waals surface area (Å²) in [5.41, 5.74) is 1.30. The number of piperidine rings is 1. The van der Waals surface area contributed by atoms with Crippen LogP contribution in [0.15, 0.2) is 18.2 Å². The van der Waals surface area contributed by atoms with E-state index < -0.39 is 5.97 Å². The molecule has 0 amide bonds. The molecule has 1 atom stereocenters. The van der Waals surface area contributed by atoms with Crippen LogP contribution in [0.1, 0.15) is 70.8 Å². The molecular formula is C23H35NO4. The number of fused-ring (bicyclic) bond motifs is 2. The lowest BCUT2D eigenvalue weighted by Crippen LogP contribution is -2.50. The van der Waals surface area contributed by atoms with Gasteiger partial charge in [-0.15, -0.1) is 0 Å². The van der Waals surface area contributed by atoms with Gasteiger partial charge in [0.2, 0.25) is 0 Å². The van der Waals surface area contributed by atoms with E-state index in [1.807, 2.05) is 13.0 Å². The molecule has 0 saturated carbocycles. The van der Waals surface area contributed by atoms with Crippen molar-refractivity contribution in [1.82, 2.24) is 4.90 Å². The molecule has 2 aliphatic heterocycles. The molecule has 1 saturated heterocycles. The van der Waals surface area contributed by atoms with Crippen LogP contribution in [0.5, 0.6) is 11.5 Å². The van der Waals surface area contributed by atoms with Crippen molar-refractivity contribution in [3.8, 4) is 11.5 Å². The minimum atomic E-state index is -0.710. The van der Waals surface area contributed by atoms with E-state index in [-0.39, 0.29) is 11.5 Å². The van der Waals surface area contributed by atoms with E-state index >= 15 is 0 Å². The molecule has 2 aliphatic rings. The van der Waals surface area contributed by atoms with Gasteiger partial charge in [0.25, 0.3) is 0 Å². The van der Waals surface area contributed by atoms with Crippen LogP contribution in [0.4, 0.5) is 0 Å². The summed E-state index contributed by atoms with van der Waals surface area (Å²) in [6.45, 7) is 7.25. The molecular weight excluding hydrogens is 354 g/mol. The zero-order valence-corrected chi connectivity index (χ0v) is 17.4. The zero-order valence-electron chi connectivity index (χ0n) is 17.4. The summed E-state index contributed by atoms with van der Waals surface area (Å²) in [6.07, 6.45) is 8.71. The molecule has 5 heteroatoms. The molecule has 3 rings (SSSR count). The summed E-state index contributed by atoms with van der Waals surface area (Å²) in [5.74, 6) is 1.13. The fraction of sp³-hybridized carbons (Fsp3) is 0.696. The Bertz CT molecular complexity index is 652. The number of carboxylic acid groups (broad SMARTS) is 1. The second-order valence-electron chi connectivity index (χ2n) is 8.29. The first-order valence-electron chi connectivity index (χ1n) is 11.0. The standard InChI is InChI=1S/C23H35NO4/c1-3-5-6-7-8-15-27-18-9-10-19-21(16-18)28-17-23(19)11-13-24(14-12-23)20(4-2)22(25)26/h9-10,16,20H,3-8,11-15,17H2,1-2H3,(H,25,26). The Balaban J connectivity index is 1.55. The Hall–Kier alpha value is -1.75. The van der Waals surface area contributed by atoms with Gasteiger partial charge >= 0.3 is 5.97 Å². The van der Waals surface area contributed by atoms with E-state index in [0.717, 1.165) is 50.5 Å². The van der Waals surface area contributed by atoms with Gasteiger partial charge in [-0.3, -0.25) is 9.69 Å². The van der Waals surface area contributed by atoms with Gasteiger partial charge in [0, 0.05) is 17.0 Å². The first-order chi connectivity index (χ1) is 13.6. The lowest BCUT2D eigenvalue weighted by Gasteiger charge is -2.40. The molecule has 1 N–H and O–H groups in total. The monoisotopic (exact) mass is 389 g/mol. The van der Waals surface area contributed by atoms with Crippen molar-refractivity contribution in [2.24, 2.45) is 0 Å². The third-order valence-corrected chi connectivity index (χ3v) is 6.41. The molecule has 0 bridgehead atoms. The highest BCUT2D eigenvalue weighted by molar-refractivity contribution is 5.73. The van der Waals surface area contributed by atoms with Crippen molar-refractivity contribution in [2.75, 3.05) is 26.3 Å². The summed E-state index contributed by atoms with van der Waals surface area (Å²) in [6, 6.07) is 5.90. The van der Waals surface area contributed by atoms with Crippen LogP contribution < -0.4 is 9.47 Å². The van der Waals surface area contributed by atoms with Crippen LogP contribution >= 0.6 is 0 Å². The number of carbonyl (C=O) groups is 1. The van der Waals surface area contributed by atoms with E-state index in [0.29, 0.717) is 13.0 Å². The fourth-order valence-electron chi connectivity index (χ4n) is 4.61. The van der Waals surface area contributed by atoms with Gasteiger partial charge in [0.1, 0.15) is 17.5 Å².